The maximum atomic E-state index is 13.3. The summed E-state index contributed by atoms with van der Waals surface area (Å²) in [7, 11) is 1.67. The Morgan fingerprint density at radius 3 is 2.59 bits per heavy atom. The molecule has 1 aromatic heterocycles. The number of hydrogen-bond donors (Lipinski definition) is 1. The number of rotatable bonds is 7. The standard InChI is InChI=1S/C23H22ClFN4O2S/c1-14-19(22-27-21(28-31-22)16-6-10-18(25)11-7-16)20(15-4-8-17(24)9-5-15)26-23(32)29(14)12-3-13-30-2/h4-11,20H,3,12-13H2,1-2H3,(H,26,32). The van der Waals surface area contributed by atoms with E-state index in [1.54, 1.807) is 19.2 Å². The lowest BCUT2D eigenvalue weighted by Crippen LogP contribution is -2.46. The van der Waals surface area contributed by atoms with Gasteiger partial charge in [0.1, 0.15) is 5.82 Å². The molecule has 2 heterocycles. The van der Waals surface area contributed by atoms with Crippen LogP contribution in [0.4, 0.5) is 4.39 Å². The van der Waals surface area contributed by atoms with E-state index < -0.39 is 0 Å². The van der Waals surface area contributed by atoms with Crippen molar-refractivity contribution in [2.24, 2.45) is 0 Å². The lowest BCUT2D eigenvalue weighted by molar-refractivity contribution is 0.188. The third kappa shape index (κ3) is 4.67. The molecule has 0 spiro atoms. The van der Waals surface area contributed by atoms with Crippen LogP contribution in [0.3, 0.4) is 0 Å². The van der Waals surface area contributed by atoms with Gasteiger partial charge in [0.15, 0.2) is 5.11 Å². The van der Waals surface area contributed by atoms with Crippen LogP contribution in [0.2, 0.25) is 5.02 Å². The first-order valence-electron chi connectivity index (χ1n) is 10.1. The van der Waals surface area contributed by atoms with E-state index in [1.165, 1.54) is 12.1 Å². The van der Waals surface area contributed by atoms with Crippen molar-refractivity contribution in [1.29, 1.82) is 0 Å². The molecule has 1 unspecified atom stereocenters. The van der Waals surface area contributed by atoms with Crippen LogP contribution < -0.4 is 5.32 Å². The van der Waals surface area contributed by atoms with E-state index in [0.717, 1.165) is 23.3 Å². The van der Waals surface area contributed by atoms with Crippen LogP contribution in [0.1, 0.15) is 30.8 Å². The number of halogens is 2. The minimum absolute atomic E-state index is 0.292. The van der Waals surface area contributed by atoms with Gasteiger partial charge in [-0.05, 0) is 67.5 Å². The van der Waals surface area contributed by atoms with Crippen LogP contribution >= 0.6 is 23.8 Å². The zero-order chi connectivity index (χ0) is 22.7. The van der Waals surface area contributed by atoms with Gasteiger partial charge in [0.05, 0.1) is 11.6 Å². The average Bonchev–Trinajstić information content (AvgIpc) is 3.26. The molecule has 6 nitrogen and oxygen atoms in total. The predicted molar refractivity (Wildman–Crippen MR) is 125 cm³/mol. The van der Waals surface area contributed by atoms with Gasteiger partial charge in [0.2, 0.25) is 5.82 Å². The second-order valence-electron chi connectivity index (χ2n) is 7.36. The Bertz CT molecular complexity index is 1130. The molecule has 0 amide bonds. The molecule has 1 N–H and O–H groups in total. The first kappa shape index (κ1) is 22.4. The molecule has 32 heavy (non-hydrogen) atoms. The largest absolute Gasteiger partial charge is 0.385 e. The summed E-state index contributed by atoms with van der Waals surface area (Å²) >= 11 is 11.8. The summed E-state index contributed by atoms with van der Waals surface area (Å²) in [5, 5.41) is 8.78. The third-order valence-corrected chi connectivity index (χ3v) is 5.88. The molecule has 1 atom stereocenters. The number of allylic oxidation sites excluding steroid dienone is 1. The molecular weight excluding hydrogens is 451 g/mol. The quantitative estimate of drug-likeness (QED) is 0.373. The van der Waals surface area contributed by atoms with E-state index in [9.17, 15) is 4.39 Å². The topological polar surface area (TPSA) is 63.4 Å². The van der Waals surface area contributed by atoms with E-state index in [2.05, 4.69) is 15.5 Å². The Balaban J connectivity index is 1.76. The van der Waals surface area contributed by atoms with Crippen LogP contribution in [0.25, 0.3) is 17.0 Å². The number of benzene rings is 2. The Hall–Kier alpha value is -2.81. The number of nitrogens with zero attached hydrogens (tertiary/aromatic N) is 3. The number of ether oxygens (including phenoxy) is 1. The summed E-state index contributed by atoms with van der Waals surface area (Å²) in [6.45, 7) is 3.29. The number of hydrogen-bond acceptors (Lipinski definition) is 5. The molecule has 1 aliphatic rings. The van der Waals surface area contributed by atoms with Gasteiger partial charge in [-0.25, -0.2) is 4.39 Å². The predicted octanol–water partition coefficient (Wildman–Crippen LogP) is 5.23. The van der Waals surface area contributed by atoms with Crippen molar-refractivity contribution in [2.75, 3.05) is 20.3 Å². The molecule has 4 rings (SSSR count). The summed E-state index contributed by atoms with van der Waals surface area (Å²) in [5.74, 6) is 0.429. The number of nitrogens with one attached hydrogen (secondary N) is 1. The molecule has 9 heteroatoms. The highest BCUT2D eigenvalue weighted by molar-refractivity contribution is 7.80. The minimum Gasteiger partial charge on any atom is -0.385 e. The van der Waals surface area contributed by atoms with E-state index in [-0.39, 0.29) is 11.9 Å². The molecule has 0 bridgehead atoms. The van der Waals surface area contributed by atoms with Crippen LogP contribution in [0.15, 0.2) is 58.8 Å². The van der Waals surface area contributed by atoms with Gasteiger partial charge in [0.25, 0.3) is 5.89 Å². The fraction of sp³-hybridized carbons (Fsp3) is 0.261. The van der Waals surface area contributed by atoms with Gasteiger partial charge >= 0.3 is 0 Å². The highest BCUT2D eigenvalue weighted by Crippen LogP contribution is 2.37. The van der Waals surface area contributed by atoms with Crippen LogP contribution in [0.5, 0.6) is 0 Å². The number of methoxy groups -OCH3 is 1. The molecule has 0 saturated heterocycles. The second-order valence-corrected chi connectivity index (χ2v) is 8.18. The van der Waals surface area contributed by atoms with Crippen molar-refractivity contribution in [2.45, 2.75) is 19.4 Å². The summed E-state index contributed by atoms with van der Waals surface area (Å²) < 4.78 is 24.2. The van der Waals surface area contributed by atoms with Gasteiger partial charge < -0.3 is 19.5 Å². The van der Waals surface area contributed by atoms with Crippen molar-refractivity contribution in [3.63, 3.8) is 0 Å². The van der Waals surface area contributed by atoms with Gasteiger partial charge in [-0.1, -0.05) is 28.9 Å². The molecule has 0 radical (unpaired) electrons. The van der Waals surface area contributed by atoms with Crippen molar-refractivity contribution >= 4 is 34.5 Å². The minimum atomic E-state index is -0.324. The zero-order valence-corrected chi connectivity index (χ0v) is 19.2. The average molecular weight is 473 g/mol. The van der Waals surface area contributed by atoms with Crippen LogP contribution in [-0.2, 0) is 4.74 Å². The molecule has 1 aliphatic heterocycles. The van der Waals surface area contributed by atoms with E-state index in [1.807, 2.05) is 36.1 Å². The molecule has 166 valence electrons. The number of thiocarbonyl (C=S) groups is 1. The van der Waals surface area contributed by atoms with Gasteiger partial charge in [-0.2, -0.15) is 4.98 Å². The molecule has 3 aromatic rings. The van der Waals surface area contributed by atoms with Gasteiger partial charge in [0, 0.05) is 36.5 Å². The zero-order valence-electron chi connectivity index (χ0n) is 17.6. The fourth-order valence-electron chi connectivity index (χ4n) is 3.65. The Kier molecular flexibility index (Phi) is 6.83. The van der Waals surface area contributed by atoms with Crippen LogP contribution in [0, 0.1) is 5.82 Å². The first-order chi connectivity index (χ1) is 15.5. The monoisotopic (exact) mass is 472 g/mol. The van der Waals surface area contributed by atoms with Crippen molar-refractivity contribution in [3.05, 3.63) is 76.5 Å². The maximum absolute atomic E-state index is 13.3. The molecule has 0 saturated carbocycles. The van der Waals surface area contributed by atoms with Crippen molar-refractivity contribution in [3.8, 4) is 11.4 Å². The summed E-state index contributed by atoms with van der Waals surface area (Å²) in [4.78, 5) is 6.63. The first-order valence-corrected chi connectivity index (χ1v) is 10.9. The van der Waals surface area contributed by atoms with E-state index in [0.29, 0.717) is 40.6 Å². The summed E-state index contributed by atoms with van der Waals surface area (Å²) in [6.07, 6.45) is 0.805. The molecule has 0 aliphatic carbocycles. The summed E-state index contributed by atoms with van der Waals surface area (Å²) in [5.41, 5.74) is 3.36. The van der Waals surface area contributed by atoms with Crippen molar-refractivity contribution < 1.29 is 13.7 Å². The normalized spacial score (nSPS) is 16.4. The molecule has 0 fully saturated rings. The second kappa shape index (κ2) is 9.77. The summed E-state index contributed by atoms with van der Waals surface area (Å²) in [6, 6.07) is 13.2. The van der Waals surface area contributed by atoms with Gasteiger partial charge in [-0.15, -0.1) is 0 Å². The maximum Gasteiger partial charge on any atom is 0.258 e. The Morgan fingerprint density at radius 1 is 1.19 bits per heavy atom. The lowest BCUT2D eigenvalue weighted by atomic mass is 9.95. The smallest absolute Gasteiger partial charge is 0.258 e. The van der Waals surface area contributed by atoms with Gasteiger partial charge in [-0.3, -0.25) is 0 Å². The Labute approximate surface area is 196 Å². The van der Waals surface area contributed by atoms with Crippen LogP contribution in [-0.4, -0.2) is 40.4 Å². The Morgan fingerprint density at radius 2 is 1.91 bits per heavy atom. The molecule has 2 aromatic carbocycles. The highest BCUT2D eigenvalue weighted by atomic mass is 35.5. The number of aromatic nitrogens is 2. The molecular formula is C23H22ClFN4O2S. The fourth-order valence-corrected chi connectivity index (χ4v) is 4.12. The van der Waals surface area contributed by atoms with E-state index >= 15 is 0 Å². The lowest BCUT2D eigenvalue weighted by Gasteiger charge is -2.37. The highest BCUT2D eigenvalue weighted by Gasteiger charge is 2.33. The van der Waals surface area contributed by atoms with Crippen molar-refractivity contribution in [1.82, 2.24) is 20.4 Å². The third-order valence-electron chi connectivity index (χ3n) is 5.29. The SMILES string of the molecule is COCCCN1C(=S)NC(c2ccc(Cl)cc2)C(c2nc(-c3ccc(F)cc3)no2)=C1C. The van der Waals surface area contributed by atoms with E-state index in [4.69, 9.17) is 33.1 Å².